The van der Waals surface area contributed by atoms with E-state index in [4.69, 9.17) is 0 Å². The molecule has 102 valence electrons. The van der Waals surface area contributed by atoms with Gasteiger partial charge in [0.1, 0.15) is 5.82 Å². The Bertz CT molecular complexity index is 520. The minimum absolute atomic E-state index is 0.116. The van der Waals surface area contributed by atoms with Gasteiger partial charge in [0.25, 0.3) is 5.91 Å². The Morgan fingerprint density at radius 2 is 2.32 bits per heavy atom. The highest BCUT2D eigenvalue weighted by molar-refractivity contribution is 7.09. The van der Waals surface area contributed by atoms with E-state index in [0.717, 1.165) is 18.7 Å². The van der Waals surface area contributed by atoms with Gasteiger partial charge in [-0.05, 0) is 24.8 Å². The zero-order valence-corrected chi connectivity index (χ0v) is 12.0. The summed E-state index contributed by atoms with van der Waals surface area (Å²) in [4.78, 5) is 19.5. The summed E-state index contributed by atoms with van der Waals surface area (Å²) in [7, 11) is 0. The van der Waals surface area contributed by atoms with Crippen LogP contribution in [-0.2, 0) is 13.0 Å². The Labute approximate surface area is 116 Å². The average Bonchev–Trinajstić information content (AvgIpc) is 3.06. The number of nitrogens with zero attached hydrogens (tertiary/aromatic N) is 3. The predicted molar refractivity (Wildman–Crippen MR) is 75.1 cm³/mol. The van der Waals surface area contributed by atoms with E-state index >= 15 is 0 Å². The van der Waals surface area contributed by atoms with Gasteiger partial charge in [-0.2, -0.15) is 0 Å². The number of aryl methyl sites for hydroxylation is 1. The topological polar surface area (TPSA) is 61.9 Å². The first-order chi connectivity index (χ1) is 9.24. The minimum atomic E-state index is -0.116. The maximum absolute atomic E-state index is 12.3. The zero-order valence-electron chi connectivity index (χ0n) is 11.2. The number of aromatic nitrogens is 3. The van der Waals surface area contributed by atoms with Crippen molar-refractivity contribution < 1.29 is 4.79 Å². The lowest BCUT2D eigenvalue weighted by Gasteiger charge is -2.18. The van der Waals surface area contributed by atoms with Gasteiger partial charge in [-0.3, -0.25) is 9.89 Å². The second kappa shape index (κ2) is 6.47. The molecule has 19 heavy (non-hydrogen) atoms. The van der Waals surface area contributed by atoms with E-state index in [1.54, 1.807) is 16.2 Å². The van der Waals surface area contributed by atoms with E-state index in [-0.39, 0.29) is 11.7 Å². The molecule has 1 N–H and O–H groups in total. The van der Waals surface area contributed by atoms with Gasteiger partial charge in [0.15, 0.2) is 0 Å². The van der Waals surface area contributed by atoms with Crippen molar-refractivity contribution in [3.05, 3.63) is 34.0 Å². The highest BCUT2D eigenvalue weighted by Gasteiger charge is 2.19. The molecule has 0 spiro atoms. The molecule has 0 aliphatic heterocycles. The van der Waals surface area contributed by atoms with Crippen LogP contribution < -0.4 is 0 Å². The fourth-order valence-electron chi connectivity index (χ4n) is 1.80. The number of carbonyl (C=O) groups excluding carboxylic acids is 1. The van der Waals surface area contributed by atoms with Crippen LogP contribution in [0.1, 0.15) is 41.6 Å². The Morgan fingerprint density at radius 3 is 2.95 bits per heavy atom. The predicted octanol–water partition coefficient (Wildman–Crippen LogP) is 2.48. The molecule has 2 aromatic rings. The summed E-state index contributed by atoms with van der Waals surface area (Å²) in [5.41, 5.74) is 0. The van der Waals surface area contributed by atoms with E-state index in [0.29, 0.717) is 13.1 Å². The number of aromatic amines is 1. The van der Waals surface area contributed by atoms with Crippen LogP contribution in [0, 0.1) is 0 Å². The Hall–Kier alpha value is -1.69. The number of thiophene rings is 1. The standard InChI is InChI=1S/C13H18N4OS/c1-3-6-11-14-12(16-15-11)13(18)17(4-2)9-10-7-5-8-19-10/h5,7-8H,3-4,6,9H2,1-2H3,(H,14,15,16). The highest BCUT2D eigenvalue weighted by Crippen LogP contribution is 2.13. The zero-order chi connectivity index (χ0) is 13.7. The van der Waals surface area contributed by atoms with Gasteiger partial charge in [0.2, 0.25) is 5.82 Å². The number of H-pyrrole nitrogens is 1. The Balaban J connectivity index is 2.06. The van der Waals surface area contributed by atoms with Crippen LogP contribution >= 0.6 is 11.3 Å². The molecule has 6 heteroatoms. The van der Waals surface area contributed by atoms with Crippen LogP contribution in [0.4, 0.5) is 0 Å². The molecule has 5 nitrogen and oxygen atoms in total. The molecule has 0 radical (unpaired) electrons. The van der Waals surface area contributed by atoms with Crippen molar-refractivity contribution >= 4 is 17.2 Å². The fraction of sp³-hybridized carbons (Fsp3) is 0.462. The normalized spacial score (nSPS) is 10.6. The molecule has 2 heterocycles. The van der Waals surface area contributed by atoms with Crippen LogP contribution in [0.5, 0.6) is 0 Å². The van der Waals surface area contributed by atoms with Crippen molar-refractivity contribution in [2.24, 2.45) is 0 Å². The highest BCUT2D eigenvalue weighted by atomic mass is 32.1. The van der Waals surface area contributed by atoms with E-state index < -0.39 is 0 Å². The summed E-state index contributed by atoms with van der Waals surface area (Å²) in [6.45, 7) is 5.29. The second-order valence-corrected chi connectivity index (χ2v) is 5.29. The third-order valence-corrected chi connectivity index (χ3v) is 3.67. The van der Waals surface area contributed by atoms with Crippen molar-refractivity contribution in [2.45, 2.75) is 33.2 Å². The first kappa shape index (κ1) is 13.7. The molecule has 1 amide bonds. The lowest BCUT2D eigenvalue weighted by molar-refractivity contribution is 0.0742. The number of hydrogen-bond donors (Lipinski definition) is 1. The van der Waals surface area contributed by atoms with Crippen molar-refractivity contribution in [3.63, 3.8) is 0 Å². The maximum atomic E-state index is 12.3. The van der Waals surface area contributed by atoms with Crippen LogP contribution in [0.15, 0.2) is 17.5 Å². The average molecular weight is 278 g/mol. The molecule has 0 bridgehead atoms. The second-order valence-electron chi connectivity index (χ2n) is 4.25. The van der Waals surface area contributed by atoms with Crippen molar-refractivity contribution in [1.29, 1.82) is 0 Å². The molecule has 0 saturated heterocycles. The summed E-state index contributed by atoms with van der Waals surface area (Å²) in [5, 5.41) is 8.84. The molecule has 2 aromatic heterocycles. The molecular formula is C13H18N4OS. The van der Waals surface area contributed by atoms with Gasteiger partial charge < -0.3 is 4.90 Å². The monoisotopic (exact) mass is 278 g/mol. The molecule has 0 aromatic carbocycles. The van der Waals surface area contributed by atoms with Gasteiger partial charge in [0, 0.05) is 17.8 Å². The molecule has 0 saturated carbocycles. The minimum Gasteiger partial charge on any atom is -0.331 e. The third kappa shape index (κ3) is 3.41. The summed E-state index contributed by atoms with van der Waals surface area (Å²) < 4.78 is 0. The Kier molecular flexibility index (Phi) is 4.68. The van der Waals surface area contributed by atoms with E-state index in [1.807, 2.05) is 24.4 Å². The van der Waals surface area contributed by atoms with Gasteiger partial charge in [-0.1, -0.05) is 13.0 Å². The summed E-state index contributed by atoms with van der Waals surface area (Å²) in [5.74, 6) is 0.925. The Morgan fingerprint density at radius 1 is 1.47 bits per heavy atom. The van der Waals surface area contributed by atoms with Crippen LogP contribution in [0.3, 0.4) is 0 Å². The van der Waals surface area contributed by atoms with Crippen molar-refractivity contribution in [2.75, 3.05) is 6.54 Å². The number of rotatable bonds is 6. The maximum Gasteiger partial charge on any atom is 0.293 e. The van der Waals surface area contributed by atoms with Gasteiger partial charge in [0.05, 0.1) is 6.54 Å². The summed E-state index contributed by atoms with van der Waals surface area (Å²) >= 11 is 1.65. The first-order valence-electron chi connectivity index (χ1n) is 6.47. The lowest BCUT2D eigenvalue weighted by atomic mass is 10.3. The van der Waals surface area contributed by atoms with E-state index in [9.17, 15) is 4.79 Å². The molecular weight excluding hydrogens is 260 g/mol. The third-order valence-electron chi connectivity index (χ3n) is 2.81. The van der Waals surface area contributed by atoms with E-state index in [2.05, 4.69) is 22.1 Å². The smallest absolute Gasteiger partial charge is 0.293 e. The number of nitrogens with one attached hydrogen (secondary N) is 1. The molecule has 0 aliphatic carbocycles. The van der Waals surface area contributed by atoms with Gasteiger partial charge in [-0.15, -0.1) is 16.4 Å². The van der Waals surface area contributed by atoms with Crippen LogP contribution in [0.25, 0.3) is 0 Å². The molecule has 0 aliphatic rings. The lowest BCUT2D eigenvalue weighted by Crippen LogP contribution is -2.30. The summed E-state index contributed by atoms with van der Waals surface area (Å²) in [6, 6.07) is 4.02. The molecule has 0 unspecified atom stereocenters. The number of carbonyl (C=O) groups is 1. The molecule has 0 atom stereocenters. The SMILES string of the molecule is CCCc1nc(C(=O)N(CC)Cc2cccs2)n[nH]1. The quantitative estimate of drug-likeness (QED) is 0.883. The van der Waals surface area contributed by atoms with Crippen molar-refractivity contribution in [3.8, 4) is 0 Å². The first-order valence-corrected chi connectivity index (χ1v) is 7.35. The van der Waals surface area contributed by atoms with Crippen molar-refractivity contribution in [1.82, 2.24) is 20.1 Å². The van der Waals surface area contributed by atoms with Gasteiger partial charge in [-0.25, -0.2) is 4.98 Å². The number of hydrogen-bond acceptors (Lipinski definition) is 4. The van der Waals surface area contributed by atoms with E-state index in [1.165, 1.54) is 4.88 Å². The molecule has 2 rings (SSSR count). The number of amides is 1. The van der Waals surface area contributed by atoms with Gasteiger partial charge >= 0.3 is 0 Å². The van der Waals surface area contributed by atoms with Crippen LogP contribution in [0.2, 0.25) is 0 Å². The largest absolute Gasteiger partial charge is 0.331 e. The van der Waals surface area contributed by atoms with Crippen LogP contribution in [-0.4, -0.2) is 32.5 Å². The summed E-state index contributed by atoms with van der Waals surface area (Å²) in [6.07, 6.45) is 1.80. The fourth-order valence-corrected chi connectivity index (χ4v) is 2.52. The molecule has 0 fully saturated rings.